The molecule has 0 saturated heterocycles. The first kappa shape index (κ1) is 11.9. The normalized spacial score (nSPS) is 10.8. The van der Waals surface area contributed by atoms with Gasteiger partial charge in [0.25, 0.3) is 5.56 Å². The number of halogens is 1. The van der Waals surface area contributed by atoms with Gasteiger partial charge < -0.3 is 4.57 Å². The van der Waals surface area contributed by atoms with Crippen molar-refractivity contribution in [1.82, 2.24) is 9.55 Å². The van der Waals surface area contributed by atoms with Gasteiger partial charge in [0.1, 0.15) is 6.33 Å². The Bertz CT molecular complexity index is 824. The van der Waals surface area contributed by atoms with E-state index in [1.165, 1.54) is 6.33 Å². The lowest BCUT2D eigenvalue weighted by molar-refractivity contribution is 1.01. The molecular weight excluding hydrogens is 260 g/mol. The molecule has 3 aromatic rings. The van der Waals surface area contributed by atoms with Crippen LogP contribution in [0.15, 0.2) is 53.6 Å². The summed E-state index contributed by atoms with van der Waals surface area (Å²) in [6.07, 6.45) is 1.53. The summed E-state index contributed by atoms with van der Waals surface area (Å²) >= 11 is 6.15. The molecule has 0 aliphatic carbocycles. The zero-order valence-corrected chi connectivity index (χ0v) is 11.1. The fourth-order valence-corrected chi connectivity index (χ4v) is 2.22. The van der Waals surface area contributed by atoms with Gasteiger partial charge in [0.05, 0.1) is 10.9 Å². The van der Waals surface area contributed by atoms with Gasteiger partial charge in [0.2, 0.25) is 0 Å². The zero-order chi connectivity index (χ0) is 13.4. The summed E-state index contributed by atoms with van der Waals surface area (Å²) in [5.41, 5.74) is 2.51. The van der Waals surface area contributed by atoms with E-state index < -0.39 is 0 Å². The van der Waals surface area contributed by atoms with Gasteiger partial charge in [-0.05, 0) is 36.8 Å². The molecule has 0 radical (unpaired) electrons. The van der Waals surface area contributed by atoms with Crippen LogP contribution >= 0.6 is 11.6 Å². The quantitative estimate of drug-likeness (QED) is 0.680. The standard InChI is InChI=1S/C15H11ClN2O/c1-10-6-7-11(8-13(10)16)18-9-17-15(19)12-4-2-3-5-14(12)18/h2-9H,1H3. The Morgan fingerprint density at radius 1 is 1.16 bits per heavy atom. The summed E-state index contributed by atoms with van der Waals surface area (Å²) in [5.74, 6) is 0. The van der Waals surface area contributed by atoms with E-state index in [0.29, 0.717) is 10.4 Å². The topological polar surface area (TPSA) is 34.9 Å². The molecular formula is C15H11ClN2O. The van der Waals surface area contributed by atoms with Crippen LogP contribution in [0.3, 0.4) is 0 Å². The first-order valence-corrected chi connectivity index (χ1v) is 6.27. The van der Waals surface area contributed by atoms with Crippen LogP contribution in [-0.4, -0.2) is 9.55 Å². The lowest BCUT2D eigenvalue weighted by Gasteiger charge is -2.10. The molecule has 0 aliphatic heterocycles. The monoisotopic (exact) mass is 270 g/mol. The number of benzene rings is 2. The molecule has 19 heavy (non-hydrogen) atoms. The highest BCUT2D eigenvalue weighted by molar-refractivity contribution is 6.31. The van der Waals surface area contributed by atoms with Crippen LogP contribution < -0.4 is 5.56 Å². The van der Waals surface area contributed by atoms with Crippen molar-refractivity contribution >= 4 is 22.5 Å². The van der Waals surface area contributed by atoms with Crippen molar-refractivity contribution in [3.05, 3.63) is 69.7 Å². The van der Waals surface area contributed by atoms with Crippen molar-refractivity contribution in [3.63, 3.8) is 0 Å². The maximum atomic E-state index is 11.7. The SMILES string of the molecule is Cc1ccc(-n2cnc(=O)c3ccccc32)cc1Cl. The smallest absolute Gasteiger partial charge is 0.280 e. The number of hydrogen-bond donors (Lipinski definition) is 0. The van der Waals surface area contributed by atoms with Crippen LogP contribution in [0.25, 0.3) is 16.6 Å². The largest absolute Gasteiger partial charge is 0.300 e. The van der Waals surface area contributed by atoms with E-state index in [1.54, 1.807) is 6.07 Å². The van der Waals surface area contributed by atoms with E-state index in [4.69, 9.17) is 11.6 Å². The molecule has 94 valence electrons. The van der Waals surface area contributed by atoms with E-state index >= 15 is 0 Å². The Labute approximate surface area is 115 Å². The predicted octanol–water partition coefficient (Wildman–Crippen LogP) is 3.35. The van der Waals surface area contributed by atoms with Crippen molar-refractivity contribution in [2.45, 2.75) is 6.92 Å². The van der Waals surface area contributed by atoms with Crippen molar-refractivity contribution in [1.29, 1.82) is 0 Å². The number of para-hydroxylation sites is 1. The lowest BCUT2D eigenvalue weighted by atomic mass is 10.2. The Balaban J connectivity index is 2.34. The predicted molar refractivity (Wildman–Crippen MR) is 77.1 cm³/mol. The van der Waals surface area contributed by atoms with E-state index in [2.05, 4.69) is 4.98 Å². The second-order valence-corrected chi connectivity index (χ2v) is 4.78. The summed E-state index contributed by atoms with van der Waals surface area (Å²) < 4.78 is 1.86. The van der Waals surface area contributed by atoms with Gasteiger partial charge in [-0.1, -0.05) is 29.8 Å². The lowest BCUT2D eigenvalue weighted by Crippen LogP contribution is -2.11. The first-order valence-electron chi connectivity index (χ1n) is 5.90. The molecule has 0 aliphatic rings. The van der Waals surface area contributed by atoms with Crippen LogP contribution in [0.2, 0.25) is 5.02 Å². The third-order valence-electron chi connectivity index (χ3n) is 3.12. The third kappa shape index (κ3) is 2.02. The van der Waals surface area contributed by atoms with Gasteiger partial charge in [-0.15, -0.1) is 0 Å². The van der Waals surface area contributed by atoms with Gasteiger partial charge in [0.15, 0.2) is 0 Å². The number of aryl methyl sites for hydroxylation is 1. The molecule has 0 amide bonds. The Kier molecular flexibility index (Phi) is 2.84. The molecule has 0 bridgehead atoms. The second-order valence-electron chi connectivity index (χ2n) is 4.37. The van der Waals surface area contributed by atoms with E-state index in [9.17, 15) is 4.79 Å². The van der Waals surface area contributed by atoms with Crippen LogP contribution in [-0.2, 0) is 0 Å². The number of fused-ring (bicyclic) bond motifs is 1. The molecule has 3 nitrogen and oxygen atoms in total. The molecule has 0 atom stereocenters. The number of hydrogen-bond acceptors (Lipinski definition) is 2. The van der Waals surface area contributed by atoms with Crippen molar-refractivity contribution < 1.29 is 0 Å². The van der Waals surface area contributed by atoms with Gasteiger partial charge in [0, 0.05) is 10.7 Å². The zero-order valence-electron chi connectivity index (χ0n) is 10.3. The van der Waals surface area contributed by atoms with Crippen LogP contribution in [0, 0.1) is 6.92 Å². The Morgan fingerprint density at radius 2 is 1.95 bits per heavy atom. The number of rotatable bonds is 1. The molecule has 3 rings (SSSR count). The number of aromatic nitrogens is 2. The van der Waals surface area contributed by atoms with Crippen molar-refractivity contribution in [3.8, 4) is 5.69 Å². The molecule has 1 heterocycles. The molecule has 0 fully saturated rings. The Hall–Kier alpha value is -2.13. The fourth-order valence-electron chi connectivity index (χ4n) is 2.04. The summed E-state index contributed by atoms with van der Waals surface area (Å²) in [5, 5.41) is 1.29. The molecule has 0 unspecified atom stereocenters. The maximum Gasteiger partial charge on any atom is 0.280 e. The van der Waals surface area contributed by atoms with Crippen molar-refractivity contribution in [2.75, 3.05) is 0 Å². The van der Waals surface area contributed by atoms with Gasteiger partial charge >= 0.3 is 0 Å². The summed E-state index contributed by atoms with van der Waals surface area (Å²) in [6.45, 7) is 1.95. The average molecular weight is 271 g/mol. The minimum absolute atomic E-state index is 0.218. The highest BCUT2D eigenvalue weighted by Gasteiger charge is 2.06. The molecule has 0 N–H and O–H groups in total. The summed E-state index contributed by atoms with van der Waals surface area (Å²) in [7, 11) is 0. The highest BCUT2D eigenvalue weighted by atomic mass is 35.5. The maximum absolute atomic E-state index is 11.7. The van der Waals surface area contributed by atoms with E-state index in [0.717, 1.165) is 16.8 Å². The second kappa shape index (κ2) is 4.52. The minimum Gasteiger partial charge on any atom is -0.300 e. The van der Waals surface area contributed by atoms with Gasteiger partial charge in [-0.25, -0.2) is 0 Å². The molecule has 0 spiro atoms. The van der Waals surface area contributed by atoms with Crippen LogP contribution in [0.4, 0.5) is 0 Å². The molecule has 2 aromatic carbocycles. The third-order valence-corrected chi connectivity index (χ3v) is 3.53. The molecule has 0 saturated carbocycles. The fraction of sp³-hybridized carbons (Fsp3) is 0.0667. The minimum atomic E-state index is -0.218. The number of nitrogens with zero attached hydrogens (tertiary/aromatic N) is 2. The van der Waals surface area contributed by atoms with Crippen LogP contribution in [0.1, 0.15) is 5.56 Å². The van der Waals surface area contributed by atoms with Crippen molar-refractivity contribution in [2.24, 2.45) is 0 Å². The first-order chi connectivity index (χ1) is 9.16. The summed E-state index contributed by atoms with van der Waals surface area (Å²) in [6, 6.07) is 13.2. The summed E-state index contributed by atoms with van der Waals surface area (Å²) in [4.78, 5) is 15.6. The van der Waals surface area contributed by atoms with Gasteiger partial charge in [-0.3, -0.25) is 4.79 Å². The van der Waals surface area contributed by atoms with E-state index in [1.807, 2.05) is 47.9 Å². The molecule has 1 aromatic heterocycles. The van der Waals surface area contributed by atoms with E-state index in [-0.39, 0.29) is 5.56 Å². The van der Waals surface area contributed by atoms with Crippen LogP contribution in [0.5, 0.6) is 0 Å². The van der Waals surface area contributed by atoms with Gasteiger partial charge in [-0.2, -0.15) is 4.98 Å². The molecule has 4 heteroatoms. The Morgan fingerprint density at radius 3 is 2.74 bits per heavy atom. The highest BCUT2D eigenvalue weighted by Crippen LogP contribution is 2.21. The average Bonchev–Trinajstić information content (AvgIpc) is 2.43.